The number of carbonyl (C=O) groups is 1. The number of aliphatic carboxylic acids is 1. The topological polar surface area (TPSA) is 69.6 Å². The highest BCUT2D eigenvalue weighted by molar-refractivity contribution is 5.66. The molecule has 96 valence electrons. The molecule has 4 nitrogen and oxygen atoms in total. The van der Waals surface area contributed by atoms with Gasteiger partial charge in [-0.05, 0) is 32.7 Å². The van der Waals surface area contributed by atoms with Crippen molar-refractivity contribution in [3.05, 3.63) is 0 Å². The predicted molar refractivity (Wildman–Crippen MR) is 64.5 cm³/mol. The van der Waals surface area contributed by atoms with E-state index in [1.165, 1.54) is 0 Å². The second kappa shape index (κ2) is 8.53. The van der Waals surface area contributed by atoms with E-state index < -0.39 is 11.6 Å². The summed E-state index contributed by atoms with van der Waals surface area (Å²) >= 11 is 0. The molecule has 0 bridgehead atoms. The van der Waals surface area contributed by atoms with Gasteiger partial charge < -0.3 is 15.5 Å². The van der Waals surface area contributed by atoms with Crippen molar-refractivity contribution in [2.24, 2.45) is 0 Å². The van der Waals surface area contributed by atoms with E-state index in [1.54, 1.807) is 0 Å². The lowest BCUT2D eigenvalue weighted by atomic mass is 10.0. The van der Waals surface area contributed by atoms with Crippen LogP contribution in [0.4, 0.5) is 0 Å². The molecule has 0 amide bonds. The Balaban J connectivity index is 3.29. The van der Waals surface area contributed by atoms with Gasteiger partial charge in [-0.1, -0.05) is 19.8 Å². The number of hydrogen-bond acceptors (Lipinski definition) is 3. The third kappa shape index (κ3) is 9.93. The number of nitrogens with one attached hydrogen (secondary N) is 1. The average Bonchev–Trinajstić information content (AvgIpc) is 2.15. The zero-order chi connectivity index (χ0) is 12.4. The molecule has 0 fully saturated rings. The number of carboxylic acid groups (broad SMARTS) is 1. The van der Waals surface area contributed by atoms with Gasteiger partial charge in [0.25, 0.3) is 0 Å². The van der Waals surface area contributed by atoms with Crippen LogP contribution in [0.5, 0.6) is 0 Å². The SMILES string of the molecule is CCCC(C)(O)CNCCCCCC(=O)O. The van der Waals surface area contributed by atoms with Gasteiger partial charge in [0, 0.05) is 13.0 Å². The first kappa shape index (κ1) is 15.4. The van der Waals surface area contributed by atoms with E-state index >= 15 is 0 Å². The lowest BCUT2D eigenvalue weighted by molar-refractivity contribution is -0.137. The summed E-state index contributed by atoms with van der Waals surface area (Å²) in [5, 5.41) is 21.5. The Labute approximate surface area is 98.1 Å². The molecule has 1 atom stereocenters. The fraction of sp³-hybridized carbons (Fsp3) is 0.917. The number of hydrogen-bond donors (Lipinski definition) is 3. The molecule has 0 aromatic carbocycles. The molecule has 0 saturated carbocycles. The average molecular weight is 231 g/mol. The highest BCUT2D eigenvalue weighted by Gasteiger charge is 2.17. The standard InChI is InChI=1S/C12H25NO3/c1-3-8-12(2,16)10-13-9-6-4-5-7-11(14)15/h13,16H,3-10H2,1-2H3,(H,14,15). The van der Waals surface area contributed by atoms with Crippen molar-refractivity contribution in [2.45, 2.75) is 58.0 Å². The molecule has 0 spiro atoms. The zero-order valence-corrected chi connectivity index (χ0v) is 10.5. The second-order valence-electron chi connectivity index (χ2n) is 4.63. The Hall–Kier alpha value is -0.610. The molecule has 0 aliphatic heterocycles. The van der Waals surface area contributed by atoms with Crippen LogP contribution in [-0.4, -0.2) is 34.9 Å². The predicted octanol–water partition coefficient (Wildman–Crippen LogP) is 1.77. The molecule has 0 radical (unpaired) electrons. The summed E-state index contributed by atoms with van der Waals surface area (Å²) in [7, 11) is 0. The van der Waals surface area contributed by atoms with Gasteiger partial charge in [-0.15, -0.1) is 0 Å². The quantitative estimate of drug-likeness (QED) is 0.501. The number of aliphatic hydroxyl groups is 1. The van der Waals surface area contributed by atoms with Crippen LogP contribution in [0.15, 0.2) is 0 Å². The maximum Gasteiger partial charge on any atom is 0.303 e. The first-order valence-electron chi connectivity index (χ1n) is 6.13. The van der Waals surface area contributed by atoms with Gasteiger partial charge in [0.1, 0.15) is 0 Å². The van der Waals surface area contributed by atoms with Crippen LogP contribution < -0.4 is 5.32 Å². The fourth-order valence-corrected chi connectivity index (χ4v) is 1.69. The molecule has 0 aliphatic carbocycles. The number of unbranched alkanes of at least 4 members (excludes halogenated alkanes) is 2. The molecule has 0 aliphatic rings. The van der Waals surface area contributed by atoms with Crippen molar-refractivity contribution in [3.63, 3.8) is 0 Å². The normalized spacial score (nSPS) is 14.7. The second-order valence-corrected chi connectivity index (χ2v) is 4.63. The van der Waals surface area contributed by atoms with Crippen molar-refractivity contribution in [2.75, 3.05) is 13.1 Å². The van der Waals surface area contributed by atoms with Gasteiger partial charge in [-0.25, -0.2) is 0 Å². The van der Waals surface area contributed by atoms with Gasteiger partial charge >= 0.3 is 5.97 Å². The summed E-state index contributed by atoms with van der Waals surface area (Å²) in [4.78, 5) is 10.2. The third-order valence-corrected chi connectivity index (χ3v) is 2.54. The molecule has 0 saturated heterocycles. The van der Waals surface area contributed by atoms with Gasteiger partial charge in [0.15, 0.2) is 0 Å². The van der Waals surface area contributed by atoms with E-state index in [0.717, 1.165) is 38.6 Å². The van der Waals surface area contributed by atoms with E-state index in [0.29, 0.717) is 6.54 Å². The van der Waals surface area contributed by atoms with E-state index in [1.807, 2.05) is 6.92 Å². The molecule has 0 heterocycles. The molecule has 0 aromatic rings. The fourth-order valence-electron chi connectivity index (χ4n) is 1.69. The molecule has 4 heteroatoms. The molecule has 3 N–H and O–H groups in total. The van der Waals surface area contributed by atoms with Crippen LogP contribution >= 0.6 is 0 Å². The van der Waals surface area contributed by atoms with Crippen LogP contribution in [0.2, 0.25) is 0 Å². The minimum absolute atomic E-state index is 0.257. The van der Waals surface area contributed by atoms with Gasteiger partial charge in [-0.3, -0.25) is 4.79 Å². The van der Waals surface area contributed by atoms with Crippen molar-refractivity contribution < 1.29 is 15.0 Å². The van der Waals surface area contributed by atoms with E-state index in [2.05, 4.69) is 12.2 Å². The molecular weight excluding hydrogens is 206 g/mol. The van der Waals surface area contributed by atoms with Crippen molar-refractivity contribution in [1.82, 2.24) is 5.32 Å². The Morgan fingerprint density at radius 2 is 2.00 bits per heavy atom. The van der Waals surface area contributed by atoms with Crippen LogP contribution in [-0.2, 0) is 4.79 Å². The summed E-state index contributed by atoms with van der Waals surface area (Å²) in [6.07, 6.45) is 4.67. The monoisotopic (exact) mass is 231 g/mol. The first-order valence-corrected chi connectivity index (χ1v) is 6.13. The molecular formula is C12H25NO3. The van der Waals surface area contributed by atoms with E-state index in [-0.39, 0.29) is 6.42 Å². The smallest absolute Gasteiger partial charge is 0.303 e. The number of carboxylic acids is 1. The van der Waals surface area contributed by atoms with E-state index in [9.17, 15) is 9.90 Å². The van der Waals surface area contributed by atoms with Gasteiger partial charge in [0.2, 0.25) is 0 Å². The Kier molecular flexibility index (Phi) is 8.21. The summed E-state index contributed by atoms with van der Waals surface area (Å²) in [6.45, 7) is 5.35. The number of rotatable bonds is 10. The third-order valence-electron chi connectivity index (χ3n) is 2.54. The van der Waals surface area contributed by atoms with Crippen LogP contribution in [0.3, 0.4) is 0 Å². The maximum absolute atomic E-state index is 10.2. The highest BCUT2D eigenvalue weighted by atomic mass is 16.4. The van der Waals surface area contributed by atoms with Gasteiger partial charge in [0.05, 0.1) is 5.60 Å². The molecule has 1 unspecified atom stereocenters. The van der Waals surface area contributed by atoms with Crippen LogP contribution in [0.25, 0.3) is 0 Å². The van der Waals surface area contributed by atoms with Crippen molar-refractivity contribution in [3.8, 4) is 0 Å². The minimum atomic E-state index is -0.723. The van der Waals surface area contributed by atoms with Crippen molar-refractivity contribution in [1.29, 1.82) is 0 Å². The molecule has 0 rings (SSSR count). The van der Waals surface area contributed by atoms with Crippen LogP contribution in [0.1, 0.15) is 52.4 Å². The van der Waals surface area contributed by atoms with Gasteiger partial charge in [-0.2, -0.15) is 0 Å². The Morgan fingerprint density at radius 1 is 1.31 bits per heavy atom. The Morgan fingerprint density at radius 3 is 2.56 bits per heavy atom. The largest absolute Gasteiger partial charge is 0.481 e. The van der Waals surface area contributed by atoms with Crippen LogP contribution in [0, 0.1) is 0 Å². The lowest BCUT2D eigenvalue weighted by Gasteiger charge is -2.22. The first-order chi connectivity index (χ1) is 7.48. The summed E-state index contributed by atoms with van der Waals surface area (Å²) in [5.41, 5.74) is -0.615. The summed E-state index contributed by atoms with van der Waals surface area (Å²) in [6, 6.07) is 0. The lowest BCUT2D eigenvalue weighted by Crippen LogP contribution is -2.37. The maximum atomic E-state index is 10.2. The Bertz CT molecular complexity index is 193. The zero-order valence-electron chi connectivity index (χ0n) is 10.5. The summed E-state index contributed by atoms with van der Waals surface area (Å²) < 4.78 is 0. The van der Waals surface area contributed by atoms with E-state index in [4.69, 9.17) is 5.11 Å². The molecule has 16 heavy (non-hydrogen) atoms. The minimum Gasteiger partial charge on any atom is -0.481 e. The molecule has 0 aromatic heterocycles. The summed E-state index contributed by atoms with van der Waals surface area (Å²) in [5.74, 6) is -0.723. The highest BCUT2D eigenvalue weighted by Crippen LogP contribution is 2.09. The van der Waals surface area contributed by atoms with Crippen molar-refractivity contribution >= 4 is 5.97 Å².